The minimum atomic E-state index is -0.862. The first-order chi connectivity index (χ1) is 13.8. The van der Waals surface area contributed by atoms with Crippen LogP contribution in [0.4, 0.5) is 0 Å². The van der Waals surface area contributed by atoms with Crippen molar-refractivity contribution in [1.82, 2.24) is 5.32 Å². The molecule has 2 aromatic rings. The lowest BCUT2D eigenvalue weighted by Gasteiger charge is -2.30. The number of hydrogen-bond acceptors (Lipinski definition) is 2. The molecule has 0 aromatic heterocycles. The number of hydrogen-bond donors (Lipinski definition) is 1. The van der Waals surface area contributed by atoms with E-state index in [1.54, 1.807) is 5.57 Å². The summed E-state index contributed by atoms with van der Waals surface area (Å²) in [5.74, 6) is 0. The third-order valence-electron chi connectivity index (χ3n) is 6.16. The van der Waals surface area contributed by atoms with E-state index < -0.39 is 5.54 Å². The van der Waals surface area contributed by atoms with Crippen molar-refractivity contribution >= 4 is 22.6 Å². The van der Waals surface area contributed by atoms with Crippen molar-refractivity contribution in [2.45, 2.75) is 31.2 Å². The van der Waals surface area contributed by atoms with E-state index in [1.807, 2.05) is 36.6 Å². The minimum Gasteiger partial charge on any atom is -0.372 e. The molecule has 1 heterocycles. The minimum absolute atomic E-state index is 0.862. The molecule has 3 aliphatic rings. The quantitative estimate of drug-likeness (QED) is 0.711. The summed E-state index contributed by atoms with van der Waals surface area (Å²) in [5.41, 5.74) is 5.93. The number of rotatable bonds is 2. The number of aldehydes is 1. The van der Waals surface area contributed by atoms with Crippen LogP contribution in [0.25, 0.3) is 16.3 Å². The molecule has 1 aliphatic heterocycles. The van der Waals surface area contributed by atoms with Crippen LogP contribution in [0.1, 0.15) is 36.0 Å². The highest BCUT2D eigenvalue weighted by atomic mass is 16.1. The molecule has 1 N–H and O–H groups in total. The van der Waals surface area contributed by atoms with Gasteiger partial charge < -0.3 is 5.32 Å². The summed E-state index contributed by atoms with van der Waals surface area (Å²) in [5, 5.41) is 5.72. The maximum absolute atomic E-state index is 12.3. The Morgan fingerprint density at radius 2 is 1.86 bits per heavy atom. The molecule has 2 nitrogen and oxygen atoms in total. The predicted molar refractivity (Wildman–Crippen MR) is 116 cm³/mol. The van der Waals surface area contributed by atoms with E-state index in [-0.39, 0.29) is 0 Å². The Morgan fingerprint density at radius 3 is 2.79 bits per heavy atom. The molecule has 2 aliphatic carbocycles. The van der Waals surface area contributed by atoms with Gasteiger partial charge in [-0.3, -0.25) is 4.79 Å². The van der Waals surface area contributed by atoms with E-state index in [2.05, 4.69) is 47.8 Å². The van der Waals surface area contributed by atoms with Gasteiger partial charge in [-0.25, -0.2) is 0 Å². The second-order valence-corrected chi connectivity index (χ2v) is 7.68. The Hall–Kier alpha value is -3.13. The van der Waals surface area contributed by atoms with Gasteiger partial charge in [-0.1, -0.05) is 66.3 Å². The van der Waals surface area contributed by atoms with Crippen molar-refractivity contribution < 1.29 is 4.79 Å². The van der Waals surface area contributed by atoms with Gasteiger partial charge in [0.15, 0.2) is 6.29 Å². The third kappa shape index (κ3) is 2.60. The van der Waals surface area contributed by atoms with Gasteiger partial charge in [0.1, 0.15) is 5.54 Å². The molecule has 28 heavy (non-hydrogen) atoms. The van der Waals surface area contributed by atoms with Crippen LogP contribution in [0, 0.1) is 0 Å². The highest BCUT2D eigenvalue weighted by Gasteiger charge is 2.30. The SMILES string of the molecule is O=CC1(c2cccc3c4c(ccc23)C2=C(CCC=C2)CC4)C=CC=CC=CN1. The van der Waals surface area contributed by atoms with Crippen molar-refractivity contribution in [3.63, 3.8) is 0 Å². The first-order valence-electron chi connectivity index (χ1n) is 10.0. The van der Waals surface area contributed by atoms with Crippen LogP contribution in [0.3, 0.4) is 0 Å². The standard InChI is InChI=1S/C26H23NO/c28-18-26(16-5-1-2-6-17-27-26)25-11-7-10-21-23-13-12-19-8-3-4-9-20(19)22(23)14-15-24(21)25/h1-2,4-7,9-11,14-18,27H,3,8,12-13H2. The fourth-order valence-electron chi connectivity index (χ4n) is 4.76. The summed E-state index contributed by atoms with van der Waals surface area (Å²) < 4.78 is 0. The summed E-state index contributed by atoms with van der Waals surface area (Å²) in [6, 6.07) is 10.8. The molecule has 5 rings (SSSR count). The number of allylic oxidation sites excluding steroid dienone is 8. The number of benzene rings is 2. The molecule has 2 aromatic carbocycles. The van der Waals surface area contributed by atoms with Gasteiger partial charge in [0, 0.05) is 0 Å². The topological polar surface area (TPSA) is 29.1 Å². The molecular formula is C26H23NO. The first-order valence-corrected chi connectivity index (χ1v) is 10.0. The molecule has 1 unspecified atom stereocenters. The van der Waals surface area contributed by atoms with E-state index >= 15 is 0 Å². The van der Waals surface area contributed by atoms with Gasteiger partial charge in [0.05, 0.1) is 0 Å². The van der Waals surface area contributed by atoms with Gasteiger partial charge in [0.2, 0.25) is 0 Å². The van der Waals surface area contributed by atoms with Crippen LogP contribution in [0.2, 0.25) is 0 Å². The molecule has 0 fully saturated rings. The van der Waals surface area contributed by atoms with Crippen LogP contribution >= 0.6 is 0 Å². The molecule has 0 amide bonds. The average molecular weight is 365 g/mol. The second-order valence-electron chi connectivity index (χ2n) is 7.68. The summed E-state index contributed by atoms with van der Waals surface area (Å²) in [7, 11) is 0. The fraction of sp³-hybridized carbons (Fsp3) is 0.192. The smallest absolute Gasteiger partial charge is 0.153 e. The maximum Gasteiger partial charge on any atom is 0.153 e. The normalized spacial score (nSPS) is 23.0. The molecule has 0 saturated heterocycles. The van der Waals surface area contributed by atoms with Crippen molar-refractivity contribution in [3.8, 4) is 0 Å². The zero-order valence-corrected chi connectivity index (χ0v) is 15.8. The summed E-state index contributed by atoms with van der Waals surface area (Å²) in [4.78, 5) is 12.3. The first kappa shape index (κ1) is 17.0. The lowest BCUT2D eigenvalue weighted by molar-refractivity contribution is -0.111. The summed E-state index contributed by atoms with van der Waals surface area (Å²) in [6.45, 7) is 0. The monoisotopic (exact) mass is 365 g/mol. The van der Waals surface area contributed by atoms with Crippen LogP contribution in [0.5, 0.6) is 0 Å². The van der Waals surface area contributed by atoms with Gasteiger partial charge in [0.25, 0.3) is 0 Å². The highest BCUT2D eigenvalue weighted by Crippen LogP contribution is 2.41. The molecule has 1 atom stereocenters. The second kappa shape index (κ2) is 6.79. The molecule has 138 valence electrons. The number of aryl methyl sites for hydroxylation is 1. The summed E-state index contributed by atoms with van der Waals surface area (Å²) in [6.07, 6.45) is 21.7. The van der Waals surface area contributed by atoms with Gasteiger partial charge in [-0.2, -0.15) is 0 Å². The largest absolute Gasteiger partial charge is 0.372 e. The van der Waals surface area contributed by atoms with E-state index in [0.717, 1.165) is 36.5 Å². The van der Waals surface area contributed by atoms with Crippen molar-refractivity contribution in [2.24, 2.45) is 0 Å². The molecule has 2 heteroatoms. The van der Waals surface area contributed by atoms with Gasteiger partial charge in [-0.05, 0) is 77.1 Å². The Balaban J connectivity index is 1.73. The third-order valence-corrected chi connectivity index (χ3v) is 6.16. The predicted octanol–water partition coefficient (Wildman–Crippen LogP) is 5.51. The van der Waals surface area contributed by atoms with Gasteiger partial charge >= 0.3 is 0 Å². The van der Waals surface area contributed by atoms with E-state index in [0.29, 0.717) is 0 Å². The van der Waals surface area contributed by atoms with Crippen molar-refractivity contribution in [1.29, 1.82) is 0 Å². The maximum atomic E-state index is 12.3. The number of nitrogens with one attached hydrogen (secondary N) is 1. The fourth-order valence-corrected chi connectivity index (χ4v) is 4.76. The zero-order chi connectivity index (χ0) is 19.0. The van der Waals surface area contributed by atoms with E-state index in [9.17, 15) is 4.79 Å². The Kier molecular flexibility index (Phi) is 4.12. The van der Waals surface area contributed by atoms with Crippen molar-refractivity contribution in [3.05, 3.63) is 101 Å². The molecule has 0 saturated carbocycles. The van der Waals surface area contributed by atoms with Crippen LogP contribution < -0.4 is 5.32 Å². The Morgan fingerprint density at radius 1 is 0.929 bits per heavy atom. The van der Waals surface area contributed by atoms with Crippen LogP contribution in [-0.2, 0) is 16.8 Å². The van der Waals surface area contributed by atoms with Crippen LogP contribution in [-0.4, -0.2) is 6.29 Å². The lowest BCUT2D eigenvalue weighted by Crippen LogP contribution is -2.39. The average Bonchev–Trinajstić information content (AvgIpc) is 2.73. The van der Waals surface area contributed by atoms with Crippen LogP contribution in [0.15, 0.2) is 84.6 Å². The molecule has 0 bridgehead atoms. The van der Waals surface area contributed by atoms with E-state index in [4.69, 9.17) is 0 Å². The number of fused-ring (bicyclic) bond motifs is 4. The molecule has 0 radical (unpaired) electrons. The Labute approximate surface area is 165 Å². The Bertz CT molecular complexity index is 1110. The van der Waals surface area contributed by atoms with E-state index in [1.165, 1.54) is 28.5 Å². The molecule has 0 spiro atoms. The summed E-state index contributed by atoms with van der Waals surface area (Å²) >= 11 is 0. The number of carbonyl (C=O) groups excluding carboxylic acids is 1. The zero-order valence-electron chi connectivity index (χ0n) is 15.8. The number of carbonyl (C=O) groups is 1. The lowest BCUT2D eigenvalue weighted by atomic mass is 9.78. The molecular weight excluding hydrogens is 342 g/mol. The van der Waals surface area contributed by atoms with Gasteiger partial charge in [-0.15, -0.1) is 0 Å². The van der Waals surface area contributed by atoms with Crippen molar-refractivity contribution in [2.75, 3.05) is 0 Å². The highest BCUT2D eigenvalue weighted by molar-refractivity contribution is 5.97.